The number of piperazine rings is 1. The Balaban J connectivity index is 1.88. The summed E-state index contributed by atoms with van der Waals surface area (Å²) in [7, 11) is -1.99. The number of rotatable bonds is 4. The number of nitrogens with zero attached hydrogens (tertiary/aromatic N) is 1. The van der Waals surface area contributed by atoms with Crippen LogP contribution in [0.25, 0.3) is 0 Å². The summed E-state index contributed by atoms with van der Waals surface area (Å²) in [6, 6.07) is 1.04. The number of hydrogen-bond acceptors (Lipinski definition) is 5. The summed E-state index contributed by atoms with van der Waals surface area (Å²) in [5.74, 6) is 0. The summed E-state index contributed by atoms with van der Waals surface area (Å²) < 4.78 is 18.0. The van der Waals surface area contributed by atoms with E-state index in [9.17, 15) is 0 Å². The van der Waals surface area contributed by atoms with Crippen molar-refractivity contribution in [1.82, 2.24) is 10.2 Å². The lowest BCUT2D eigenvalue weighted by Crippen LogP contribution is -2.52. The molecule has 0 aromatic rings. The minimum absolute atomic E-state index is 0.168. The predicted octanol–water partition coefficient (Wildman–Crippen LogP) is 0.806. The first-order valence-corrected chi connectivity index (χ1v) is 10.1. The van der Waals surface area contributed by atoms with Crippen LogP contribution < -0.4 is 5.32 Å². The highest BCUT2D eigenvalue weighted by Gasteiger charge is 2.35. The average Bonchev–Trinajstić information content (AvgIpc) is 2.37. The number of hydrogen-bond donors (Lipinski definition) is 1. The summed E-state index contributed by atoms with van der Waals surface area (Å²) in [6.45, 7) is 11.9. The second kappa shape index (κ2) is 7.71. The van der Waals surface area contributed by atoms with Crippen molar-refractivity contribution in [2.45, 2.75) is 32.0 Å². The van der Waals surface area contributed by atoms with Gasteiger partial charge in [0.2, 0.25) is 0 Å². The van der Waals surface area contributed by atoms with Crippen LogP contribution in [0, 0.1) is 0 Å². The molecule has 2 fully saturated rings. The molecule has 19 heavy (non-hydrogen) atoms. The highest BCUT2D eigenvalue weighted by Crippen LogP contribution is 2.21. The van der Waals surface area contributed by atoms with Gasteiger partial charge >= 0.3 is 8.56 Å². The predicted molar refractivity (Wildman–Crippen MR) is 77.7 cm³/mol. The molecule has 2 heterocycles. The van der Waals surface area contributed by atoms with Crippen molar-refractivity contribution in [3.8, 4) is 0 Å². The van der Waals surface area contributed by atoms with Crippen LogP contribution in [0.3, 0.4) is 0 Å². The van der Waals surface area contributed by atoms with Crippen LogP contribution in [0.4, 0.5) is 0 Å². The van der Waals surface area contributed by atoms with Crippen molar-refractivity contribution in [2.24, 2.45) is 0 Å². The van der Waals surface area contributed by atoms with Gasteiger partial charge in [-0.25, -0.2) is 0 Å². The zero-order chi connectivity index (χ0) is 13.6. The van der Waals surface area contributed by atoms with Gasteiger partial charge in [0, 0.05) is 45.9 Å². The van der Waals surface area contributed by atoms with Gasteiger partial charge in [0.15, 0.2) is 0 Å². The Morgan fingerprint density at radius 3 is 2.89 bits per heavy atom. The third kappa shape index (κ3) is 5.13. The van der Waals surface area contributed by atoms with Crippen LogP contribution in [0.5, 0.6) is 0 Å². The maximum Gasteiger partial charge on any atom is 0.335 e. The zero-order valence-corrected chi connectivity index (χ0v) is 13.3. The van der Waals surface area contributed by atoms with E-state index < -0.39 is 8.56 Å². The van der Waals surface area contributed by atoms with E-state index in [1.54, 1.807) is 0 Å². The van der Waals surface area contributed by atoms with Crippen molar-refractivity contribution >= 4 is 8.56 Å². The highest BCUT2D eigenvalue weighted by atomic mass is 28.4. The van der Waals surface area contributed by atoms with E-state index in [-0.39, 0.29) is 6.10 Å². The standard InChI is InChI=1S/C13H28N2O3Si/c1-3-17-19(2)10-4-9-16-12-13(18-19)11-15-7-5-14-6-8-15/h13-14H,3-12H2,1-2H3. The largest absolute Gasteiger partial charge is 0.395 e. The van der Waals surface area contributed by atoms with Gasteiger partial charge in [-0.2, -0.15) is 0 Å². The van der Waals surface area contributed by atoms with Crippen molar-refractivity contribution in [2.75, 3.05) is 52.5 Å². The molecule has 0 bridgehead atoms. The molecule has 6 heteroatoms. The normalized spacial score (nSPS) is 34.7. The number of ether oxygens (including phenoxy) is 1. The van der Waals surface area contributed by atoms with Gasteiger partial charge in [0.05, 0.1) is 12.7 Å². The van der Waals surface area contributed by atoms with Crippen LogP contribution in [0.2, 0.25) is 12.6 Å². The van der Waals surface area contributed by atoms with E-state index in [0.29, 0.717) is 6.61 Å². The summed E-state index contributed by atoms with van der Waals surface area (Å²) in [5.41, 5.74) is 0. The molecule has 0 amide bonds. The maximum atomic E-state index is 6.35. The van der Waals surface area contributed by atoms with Gasteiger partial charge in [-0.15, -0.1) is 0 Å². The first-order valence-electron chi connectivity index (χ1n) is 7.54. The third-order valence-corrected chi connectivity index (χ3v) is 6.75. The SMILES string of the molecule is CCO[Si]1(C)CCCOCC(CN2CCNCC2)O1. The van der Waals surface area contributed by atoms with Crippen molar-refractivity contribution < 1.29 is 13.6 Å². The molecule has 2 saturated heterocycles. The third-order valence-electron chi connectivity index (χ3n) is 3.76. The molecule has 0 spiro atoms. The molecule has 2 aliphatic rings. The molecule has 0 aromatic carbocycles. The maximum absolute atomic E-state index is 6.35. The molecule has 1 N–H and O–H groups in total. The molecular formula is C13H28N2O3Si. The lowest BCUT2D eigenvalue weighted by atomic mass is 10.3. The fraction of sp³-hybridized carbons (Fsp3) is 1.00. The number of nitrogens with one attached hydrogen (secondary N) is 1. The molecule has 0 aromatic heterocycles. The summed E-state index contributed by atoms with van der Waals surface area (Å²) in [4.78, 5) is 2.47. The van der Waals surface area contributed by atoms with Crippen LogP contribution in [-0.4, -0.2) is 72.1 Å². The molecule has 0 radical (unpaired) electrons. The monoisotopic (exact) mass is 288 g/mol. The molecule has 2 unspecified atom stereocenters. The van der Waals surface area contributed by atoms with E-state index in [1.807, 2.05) is 0 Å². The fourth-order valence-electron chi connectivity index (χ4n) is 2.84. The molecule has 2 aliphatic heterocycles. The molecule has 2 atom stereocenters. The van der Waals surface area contributed by atoms with Gasteiger partial charge in [0.25, 0.3) is 0 Å². The average molecular weight is 288 g/mol. The Hall–Kier alpha value is 0.0169. The zero-order valence-electron chi connectivity index (χ0n) is 12.3. The summed E-state index contributed by atoms with van der Waals surface area (Å²) in [6.07, 6.45) is 1.23. The Morgan fingerprint density at radius 1 is 1.37 bits per heavy atom. The topological polar surface area (TPSA) is 43.0 Å². The lowest BCUT2D eigenvalue weighted by Gasteiger charge is -2.37. The van der Waals surface area contributed by atoms with Gasteiger partial charge in [-0.3, -0.25) is 4.90 Å². The second-order valence-electron chi connectivity index (χ2n) is 5.54. The Bertz CT molecular complexity index is 264. The molecular weight excluding hydrogens is 260 g/mol. The smallest absolute Gasteiger partial charge is 0.335 e. The fourth-order valence-corrected chi connectivity index (χ4v) is 5.41. The van der Waals surface area contributed by atoms with Gasteiger partial charge in [-0.1, -0.05) is 0 Å². The molecule has 0 saturated carbocycles. The van der Waals surface area contributed by atoms with Gasteiger partial charge in [-0.05, 0) is 25.9 Å². The van der Waals surface area contributed by atoms with Gasteiger partial charge in [0.1, 0.15) is 0 Å². The van der Waals surface area contributed by atoms with Crippen LogP contribution >= 0.6 is 0 Å². The Morgan fingerprint density at radius 2 is 2.16 bits per heavy atom. The molecule has 2 rings (SSSR count). The lowest BCUT2D eigenvalue weighted by molar-refractivity contribution is -0.00336. The van der Waals surface area contributed by atoms with Crippen molar-refractivity contribution in [3.63, 3.8) is 0 Å². The van der Waals surface area contributed by atoms with E-state index in [2.05, 4.69) is 23.7 Å². The Labute approximate surface area is 117 Å². The van der Waals surface area contributed by atoms with E-state index >= 15 is 0 Å². The van der Waals surface area contributed by atoms with Gasteiger partial charge < -0.3 is 18.9 Å². The first-order chi connectivity index (χ1) is 9.22. The molecule has 5 nitrogen and oxygen atoms in total. The Kier molecular flexibility index (Phi) is 6.25. The van der Waals surface area contributed by atoms with E-state index in [4.69, 9.17) is 13.6 Å². The van der Waals surface area contributed by atoms with Crippen molar-refractivity contribution in [1.29, 1.82) is 0 Å². The van der Waals surface area contributed by atoms with Crippen LogP contribution in [0.15, 0.2) is 0 Å². The van der Waals surface area contributed by atoms with Crippen molar-refractivity contribution in [3.05, 3.63) is 0 Å². The minimum Gasteiger partial charge on any atom is -0.395 e. The highest BCUT2D eigenvalue weighted by molar-refractivity contribution is 6.66. The first kappa shape index (κ1) is 15.4. The molecule has 0 aliphatic carbocycles. The van der Waals surface area contributed by atoms with Crippen LogP contribution in [0.1, 0.15) is 13.3 Å². The van der Waals surface area contributed by atoms with Crippen LogP contribution in [-0.2, 0) is 13.6 Å². The van der Waals surface area contributed by atoms with E-state index in [1.165, 1.54) is 0 Å². The minimum atomic E-state index is -1.99. The van der Waals surface area contributed by atoms with E-state index in [0.717, 1.165) is 58.4 Å². The second-order valence-corrected chi connectivity index (χ2v) is 8.83. The quantitative estimate of drug-likeness (QED) is 0.775. The summed E-state index contributed by atoms with van der Waals surface area (Å²) >= 11 is 0. The molecule has 112 valence electrons. The summed E-state index contributed by atoms with van der Waals surface area (Å²) in [5, 5.41) is 3.38.